The van der Waals surface area contributed by atoms with E-state index in [1.807, 2.05) is 17.5 Å². The van der Waals surface area contributed by atoms with Crippen LogP contribution in [0.5, 0.6) is 0 Å². The lowest BCUT2D eigenvalue weighted by Crippen LogP contribution is -2.01. The Morgan fingerprint density at radius 3 is 2.96 bits per heavy atom. The maximum absolute atomic E-state index is 13.4. The fourth-order valence-electron chi connectivity index (χ4n) is 1.77. The number of halogens is 1. The van der Waals surface area contributed by atoms with Gasteiger partial charge in [0, 0.05) is 11.6 Å². The normalized spacial score (nSPS) is 11.0. The Morgan fingerprint density at radius 2 is 2.17 bits per heavy atom. The van der Waals surface area contributed by atoms with E-state index in [9.17, 15) is 9.18 Å². The lowest BCUT2D eigenvalue weighted by atomic mass is 10.2. The summed E-state index contributed by atoms with van der Waals surface area (Å²) in [5.74, 6) is -0.382. The molecule has 2 heterocycles. The summed E-state index contributed by atoms with van der Waals surface area (Å²) in [7, 11) is 0. The number of hydrogen-bond acceptors (Lipinski definition) is 6. The summed E-state index contributed by atoms with van der Waals surface area (Å²) in [6, 6.07) is 9.87. The third-order valence-corrected chi connectivity index (χ3v) is 3.72. The molecular weight excluding hydrogens is 319 g/mol. The van der Waals surface area contributed by atoms with Crippen LogP contribution < -0.4 is 0 Å². The van der Waals surface area contributed by atoms with Crippen LogP contribution >= 0.6 is 11.3 Å². The van der Waals surface area contributed by atoms with E-state index in [1.54, 1.807) is 18.2 Å². The summed E-state index contributed by atoms with van der Waals surface area (Å²) in [6.07, 6.45) is 2.50. The van der Waals surface area contributed by atoms with Crippen molar-refractivity contribution in [1.82, 2.24) is 10.1 Å². The topological polar surface area (TPSA) is 65.2 Å². The predicted molar refractivity (Wildman–Crippen MR) is 82.8 cm³/mol. The average molecular weight is 330 g/mol. The van der Waals surface area contributed by atoms with Crippen molar-refractivity contribution in [3.8, 4) is 10.7 Å². The Kier molecular flexibility index (Phi) is 4.58. The van der Waals surface area contributed by atoms with Crippen LogP contribution in [0.1, 0.15) is 11.5 Å². The van der Waals surface area contributed by atoms with E-state index in [2.05, 4.69) is 10.1 Å². The quantitative estimate of drug-likeness (QED) is 0.527. The van der Waals surface area contributed by atoms with Crippen molar-refractivity contribution in [2.75, 3.05) is 0 Å². The van der Waals surface area contributed by atoms with Gasteiger partial charge in [-0.15, -0.1) is 11.3 Å². The van der Waals surface area contributed by atoms with E-state index in [4.69, 9.17) is 9.26 Å². The van der Waals surface area contributed by atoms with Gasteiger partial charge >= 0.3 is 5.97 Å². The summed E-state index contributed by atoms with van der Waals surface area (Å²) in [6.45, 7) is -0.140. The zero-order valence-electron chi connectivity index (χ0n) is 11.8. The molecule has 116 valence electrons. The van der Waals surface area contributed by atoms with Gasteiger partial charge in [0.25, 0.3) is 5.89 Å². The Hall–Kier alpha value is -2.80. The maximum Gasteiger partial charge on any atom is 0.331 e. The Morgan fingerprint density at radius 1 is 1.30 bits per heavy atom. The fourth-order valence-corrected chi connectivity index (χ4v) is 2.42. The molecule has 0 aliphatic heterocycles. The molecule has 0 aliphatic rings. The summed E-state index contributed by atoms with van der Waals surface area (Å²) < 4.78 is 23.4. The van der Waals surface area contributed by atoms with Crippen molar-refractivity contribution in [2.24, 2.45) is 0 Å². The molecule has 0 saturated carbocycles. The summed E-state index contributed by atoms with van der Waals surface area (Å²) >= 11 is 1.48. The van der Waals surface area contributed by atoms with Crippen LogP contribution in [0.3, 0.4) is 0 Å². The molecular formula is C16H11FN2O3S. The van der Waals surface area contributed by atoms with E-state index >= 15 is 0 Å². The lowest BCUT2D eigenvalue weighted by Gasteiger charge is -1.97. The van der Waals surface area contributed by atoms with Gasteiger partial charge in [-0.25, -0.2) is 9.18 Å². The van der Waals surface area contributed by atoms with E-state index in [0.29, 0.717) is 11.4 Å². The van der Waals surface area contributed by atoms with Gasteiger partial charge in [0.1, 0.15) is 5.82 Å². The summed E-state index contributed by atoms with van der Waals surface area (Å²) in [4.78, 5) is 16.6. The first-order valence-corrected chi connectivity index (χ1v) is 7.56. The van der Waals surface area contributed by atoms with Crippen molar-refractivity contribution in [3.63, 3.8) is 0 Å². The van der Waals surface area contributed by atoms with E-state index in [1.165, 1.54) is 23.5 Å². The van der Waals surface area contributed by atoms with Gasteiger partial charge in [-0.05, 0) is 23.6 Å². The van der Waals surface area contributed by atoms with Crippen molar-refractivity contribution >= 4 is 23.4 Å². The van der Waals surface area contributed by atoms with Gasteiger partial charge in [0.2, 0.25) is 5.82 Å². The molecule has 23 heavy (non-hydrogen) atoms. The second-order valence-corrected chi connectivity index (χ2v) is 5.40. The number of ether oxygens (including phenoxy) is 1. The number of esters is 1. The monoisotopic (exact) mass is 330 g/mol. The maximum atomic E-state index is 13.4. The second-order valence-electron chi connectivity index (χ2n) is 4.45. The van der Waals surface area contributed by atoms with Crippen LogP contribution in [0.4, 0.5) is 4.39 Å². The van der Waals surface area contributed by atoms with Crippen molar-refractivity contribution in [3.05, 3.63) is 65.1 Å². The standard InChI is InChI=1S/C16H11FN2O3S/c17-12-5-2-1-4-11(12)7-8-15(20)21-10-14-18-16(19-22-14)13-6-3-9-23-13/h1-9H,10H2/b8-7+. The molecule has 0 atom stereocenters. The van der Waals surface area contributed by atoms with Gasteiger partial charge in [-0.1, -0.05) is 29.4 Å². The van der Waals surface area contributed by atoms with Crippen LogP contribution in [-0.4, -0.2) is 16.1 Å². The number of aromatic nitrogens is 2. The fraction of sp³-hybridized carbons (Fsp3) is 0.0625. The molecule has 0 amide bonds. The number of hydrogen-bond donors (Lipinski definition) is 0. The minimum absolute atomic E-state index is 0.140. The molecule has 1 aromatic carbocycles. The number of benzene rings is 1. The molecule has 3 rings (SSSR count). The molecule has 0 N–H and O–H groups in total. The molecule has 3 aromatic rings. The predicted octanol–water partition coefficient (Wildman–Crippen LogP) is 3.69. The molecule has 0 aliphatic carbocycles. The number of thiophene rings is 1. The van der Waals surface area contributed by atoms with Crippen LogP contribution in [0.15, 0.2) is 52.4 Å². The van der Waals surface area contributed by atoms with E-state index in [0.717, 1.165) is 11.0 Å². The molecule has 0 spiro atoms. The first kappa shape index (κ1) is 15.1. The van der Waals surface area contributed by atoms with E-state index in [-0.39, 0.29) is 12.5 Å². The van der Waals surface area contributed by atoms with Crippen molar-refractivity contribution in [2.45, 2.75) is 6.61 Å². The molecule has 0 unspecified atom stereocenters. The smallest absolute Gasteiger partial charge is 0.331 e. The number of carbonyl (C=O) groups excluding carboxylic acids is 1. The van der Waals surface area contributed by atoms with E-state index < -0.39 is 11.8 Å². The summed E-state index contributed by atoms with van der Waals surface area (Å²) in [5.41, 5.74) is 0.308. The second kappa shape index (κ2) is 6.97. The third kappa shape index (κ3) is 3.89. The highest BCUT2D eigenvalue weighted by atomic mass is 32.1. The highest BCUT2D eigenvalue weighted by molar-refractivity contribution is 7.13. The van der Waals surface area contributed by atoms with Crippen LogP contribution in [0, 0.1) is 5.82 Å². The largest absolute Gasteiger partial charge is 0.452 e. The third-order valence-electron chi connectivity index (χ3n) is 2.85. The Labute approximate surface area is 135 Å². The first-order valence-electron chi connectivity index (χ1n) is 6.68. The zero-order chi connectivity index (χ0) is 16.1. The number of rotatable bonds is 5. The Bertz CT molecular complexity index is 827. The summed E-state index contributed by atoms with van der Waals surface area (Å²) in [5, 5.41) is 5.71. The molecule has 5 nitrogen and oxygen atoms in total. The van der Waals surface area contributed by atoms with Crippen molar-refractivity contribution in [1.29, 1.82) is 0 Å². The van der Waals surface area contributed by atoms with Crippen molar-refractivity contribution < 1.29 is 18.4 Å². The Balaban J connectivity index is 1.56. The molecule has 0 saturated heterocycles. The van der Waals surface area contributed by atoms with Gasteiger partial charge in [0.05, 0.1) is 4.88 Å². The van der Waals surface area contributed by atoms with Crippen LogP contribution in [0.2, 0.25) is 0 Å². The molecule has 0 radical (unpaired) electrons. The molecule has 0 bridgehead atoms. The van der Waals surface area contributed by atoms with Gasteiger partial charge in [0.15, 0.2) is 6.61 Å². The minimum atomic E-state index is -0.621. The lowest BCUT2D eigenvalue weighted by molar-refractivity contribution is -0.139. The molecule has 2 aromatic heterocycles. The highest BCUT2D eigenvalue weighted by Crippen LogP contribution is 2.21. The average Bonchev–Trinajstić information content (AvgIpc) is 3.23. The van der Waals surface area contributed by atoms with Gasteiger partial charge in [-0.2, -0.15) is 4.98 Å². The zero-order valence-corrected chi connectivity index (χ0v) is 12.6. The van der Waals surface area contributed by atoms with Crippen LogP contribution in [0.25, 0.3) is 16.8 Å². The van der Waals surface area contributed by atoms with Gasteiger partial charge < -0.3 is 9.26 Å². The molecule has 0 fully saturated rings. The van der Waals surface area contributed by atoms with Gasteiger partial charge in [-0.3, -0.25) is 0 Å². The minimum Gasteiger partial charge on any atom is -0.452 e. The van der Waals surface area contributed by atoms with Crippen LogP contribution in [-0.2, 0) is 16.1 Å². The first-order chi connectivity index (χ1) is 11.2. The number of carbonyl (C=O) groups is 1. The molecule has 7 heteroatoms. The SMILES string of the molecule is O=C(/C=C/c1ccccc1F)OCc1nc(-c2cccs2)no1. The number of nitrogens with zero attached hydrogens (tertiary/aromatic N) is 2. The highest BCUT2D eigenvalue weighted by Gasteiger charge is 2.10.